The first-order valence-electron chi connectivity index (χ1n) is 28.2. The summed E-state index contributed by atoms with van der Waals surface area (Å²) >= 11 is 0. The summed E-state index contributed by atoms with van der Waals surface area (Å²) in [5, 5.41) is 0. The van der Waals surface area contributed by atoms with Crippen molar-refractivity contribution in [3.05, 3.63) is 122 Å². The van der Waals surface area contributed by atoms with Crippen LogP contribution in [0.1, 0.15) is 206 Å². The van der Waals surface area contributed by atoms with Gasteiger partial charge in [0.1, 0.15) is 19.8 Å². The van der Waals surface area contributed by atoms with Crippen LogP contribution >= 0.6 is 7.82 Å². The molecule has 0 saturated heterocycles. The molecule has 0 spiro atoms. The number of likely N-dealkylation sites (N-methyl/N-ethyl adjacent to an activating group) is 1. The minimum Gasteiger partial charge on any atom is -0.756 e. The summed E-state index contributed by atoms with van der Waals surface area (Å²) in [5.74, 6) is -0.898. The topological polar surface area (TPSA) is 111 Å². The Hall–Kier alpha value is -3.59. The summed E-state index contributed by atoms with van der Waals surface area (Å²) in [7, 11) is 1.12. The van der Waals surface area contributed by atoms with Gasteiger partial charge in [0, 0.05) is 12.8 Å². The summed E-state index contributed by atoms with van der Waals surface area (Å²) < 4.78 is 34.1. The summed E-state index contributed by atoms with van der Waals surface area (Å²) in [4.78, 5) is 37.8. The largest absolute Gasteiger partial charge is 0.756 e. The molecule has 0 heterocycles. The quantitative estimate of drug-likeness (QED) is 0.0195. The van der Waals surface area contributed by atoms with Gasteiger partial charge in [-0.1, -0.05) is 206 Å². The van der Waals surface area contributed by atoms with E-state index < -0.39 is 32.5 Å². The first kappa shape index (κ1) is 68.4. The van der Waals surface area contributed by atoms with Gasteiger partial charge in [0.2, 0.25) is 0 Å². The molecule has 0 aliphatic rings. The molecule has 0 fully saturated rings. The Kier molecular flexibility index (Phi) is 49.7. The lowest BCUT2D eigenvalue weighted by atomic mass is 10.1. The molecule has 0 aliphatic carbocycles. The number of rotatable bonds is 50. The van der Waals surface area contributed by atoms with E-state index in [1.54, 1.807) is 0 Å². The predicted molar refractivity (Wildman–Crippen MR) is 305 cm³/mol. The van der Waals surface area contributed by atoms with Crippen LogP contribution in [0.3, 0.4) is 0 Å². The number of nitrogens with zero attached hydrogens (tertiary/aromatic N) is 1. The molecule has 0 radical (unpaired) electrons. The molecule has 0 N–H and O–H groups in total. The van der Waals surface area contributed by atoms with Gasteiger partial charge in [-0.3, -0.25) is 14.2 Å². The monoisotopic (exact) mass is 1020 g/mol. The number of quaternary nitrogens is 1. The maximum Gasteiger partial charge on any atom is 0.306 e. The number of hydrogen-bond acceptors (Lipinski definition) is 8. The highest BCUT2D eigenvalue weighted by Gasteiger charge is 2.21. The van der Waals surface area contributed by atoms with Gasteiger partial charge in [0.15, 0.2) is 6.10 Å². The fraction of sp³-hybridized carbons (Fsp3) is 0.645. The first-order valence-corrected chi connectivity index (χ1v) is 29.7. The summed E-state index contributed by atoms with van der Waals surface area (Å²) in [6, 6.07) is 0. The van der Waals surface area contributed by atoms with Crippen molar-refractivity contribution in [2.75, 3.05) is 47.5 Å². The van der Waals surface area contributed by atoms with E-state index in [0.717, 1.165) is 96.3 Å². The van der Waals surface area contributed by atoms with Gasteiger partial charge in [-0.15, -0.1) is 0 Å². The van der Waals surface area contributed by atoms with Gasteiger partial charge < -0.3 is 27.9 Å². The molecule has 72 heavy (non-hydrogen) atoms. The van der Waals surface area contributed by atoms with Gasteiger partial charge in [0.05, 0.1) is 27.7 Å². The van der Waals surface area contributed by atoms with Crippen molar-refractivity contribution in [1.82, 2.24) is 0 Å². The zero-order chi connectivity index (χ0) is 52.7. The number of carbonyl (C=O) groups is 2. The molecule has 0 saturated carbocycles. The molecule has 410 valence electrons. The van der Waals surface area contributed by atoms with E-state index in [2.05, 4.69) is 135 Å². The van der Waals surface area contributed by atoms with Gasteiger partial charge in [-0.2, -0.15) is 0 Å². The van der Waals surface area contributed by atoms with E-state index in [1.807, 2.05) is 21.1 Å². The summed E-state index contributed by atoms with van der Waals surface area (Å²) in [6.07, 6.45) is 73.8. The maximum absolute atomic E-state index is 12.8. The van der Waals surface area contributed by atoms with E-state index in [9.17, 15) is 19.0 Å². The number of allylic oxidation sites excluding steroid dienone is 20. The SMILES string of the molecule is CC/C=C\C/C=C\C/C=C\C/C=C\C/C=C\C/C=C\C/C=C\C/C=C\CCCCC(=O)OC(COC(=O)CCCCCCCCCCC/C=C\C/C=C\CCCCCCC)COP(=O)([O-])OCC[N+](C)(C)C. The molecule has 2 atom stereocenters. The van der Waals surface area contributed by atoms with Crippen molar-refractivity contribution >= 4 is 19.8 Å². The fourth-order valence-corrected chi connectivity index (χ4v) is 7.84. The molecule has 0 amide bonds. The van der Waals surface area contributed by atoms with Crippen molar-refractivity contribution in [3.8, 4) is 0 Å². The van der Waals surface area contributed by atoms with Crippen LogP contribution in [0.5, 0.6) is 0 Å². The first-order chi connectivity index (χ1) is 35.0. The van der Waals surface area contributed by atoms with E-state index in [4.69, 9.17) is 18.5 Å². The number of phosphoric acid groups is 1. The Morgan fingerprint density at radius 3 is 1.21 bits per heavy atom. The number of esters is 2. The second-order valence-electron chi connectivity index (χ2n) is 19.6. The minimum absolute atomic E-state index is 0.0472. The van der Waals surface area contributed by atoms with E-state index in [1.165, 1.54) is 70.6 Å². The number of phosphoric ester groups is 1. The van der Waals surface area contributed by atoms with E-state index in [0.29, 0.717) is 23.9 Å². The normalized spacial score (nSPS) is 14.2. The fourth-order valence-electron chi connectivity index (χ4n) is 7.11. The Labute approximate surface area is 441 Å². The molecule has 0 aromatic heterocycles. The highest BCUT2D eigenvalue weighted by atomic mass is 31.2. The smallest absolute Gasteiger partial charge is 0.306 e. The van der Waals surface area contributed by atoms with Crippen LogP contribution in [0.4, 0.5) is 0 Å². The van der Waals surface area contributed by atoms with Crippen LogP contribution in [0.25, 0.3) is 0 Å². The Morgan fingerprint density at radius 2 is 0.792 bits per heavy atom. The lowest BCUT2D eigenvalue weighted by Crippen LogP contribution is -2.37. The van der Waals surface area contributed by atoms with Crippen LogP contribution in [-0.2, 0) is 32.7 Å². The molecular formula is C62H104NO8P. The third kappa shape index (κ3) is 55.7. The standard InChI is InChI=1S/C62H104NO8P/c1-6-8-10-12-14-16-18-20-22-24-26-28-29-30-31-32-33-35-37-39-41-43-45-47-49-51-53-55-62(65)71-60(59-70-72(66,67)69-57-56-63(3,4)5)58-68-61(64)54-52-50-48-46-44-42-40-38-36-34-27-25-23-21-19-17-15-13-11-9-7-2/h8,10,14,16,19-22,25-28,30-31,33,35,39,41,45,47,60H,6-7,9,11-13,15,17-18,23-24,29,32,34,36-38,40,42-44,46,48-59H2,1-5H3/b10-8-,16-14-,21-19-,22-20-,27-25-,28-26-,31-30-,35-33-,41-39-,47-45-. The van der Waals surface area contributed by atoms with Crippen molar-refractivity contribution in [1.29, 1.82) is 0 Å². The molecule has 0 bridgehead atoms. The third-order valence-corrected chi connectivity index (χ3v) is 12.4. The Morgan fingerprint density at radius 1 is 0.444 bits per heavy atom. The number of ether oxygens (including phenoxy) is 2. The van der Waals surface area contributed by atoms with Crippen molar-refractivity contribution < 1.29 is 42.1 Å². The molecule has 0 aliphatic heterocycles. The third-order valence-electron chi connectivity index (χ3n) is 11.5. The van der Waals surface area contributed by atoms with Crippen LogP contribution < -0.4 is 4.89 Å². The Balaban J connectivity index is 4.34. The van der Waals surface area contributed by atoms with Crippen molar-refractivity contribution in [2.24, 2.45) is 0 Å². The predicted octanol–water partition coefficient (Wildman–Crippen LogP) is 17.0. The molecular weight excluding hydrogens is 918 g/mol. The van der Waals surface area contributed by atoms with Gasteiger partial charge in [0.25, 0.3) is 7.82 Å². The van der Waals surface area contributed by atoms with E-state index >= 15 is 0 Å². The highest BCUT2D eigenvalue weighted by Crippen LogP contribution is 2.38. The molecule has 0 aromatic rings. The Bertz CT molecular complexity index is 1630. The lowest BCUT2D eigenvalue weighted by molar-refractivity contribution is -0.870. The second kappa shape index (κ2) is 52.3. The van der Waals surface area contributed by atoms with Gasteiger partial charge in [-0.05, 0) is 109 Å². The van der Waals surface area contributed by atoms with Gasteiger partial charge >= 0.3 is 11.9 Å². The maximum atomic E-state index is 12.8. The molecule has 0 aromatic carbocycles. The summed E-state index contributed by atoms with van der Waals surface area (Å²) in [5.41, 5.74) is 0. The second-order valence-corrected chi connectivity index (χ2v) is 21.0. The summed E-state index contributed by atoms with van der Waals surface area (Å²) in [6.45, 7) is 4.04. The van der Waals surface area contributed by atoms with E-state index in [-0.39, 0.29) is 26.1 Å². The van der Waals surface area contributed by atoms with Crippen LogP contribution in [0.2, 0.25) is 0 Å². The number of hydrogen-bond donors (Lipinski definition) is 0. The zero-order valence-corrected chi connectivity index (χ0v) is 47.2. The zero-order valence-electron chi connectivity index (χ0n) is 46.3. The average molecular weight is 1020 g/mol. The molecule has 0 rings (SSSR count). The molecule has 9 nitrogen and oxygen atoms in total. The van der Waals surface area contributed by atoms with Crippen LogP contribution in [-0.4, -0.2) is 70.0 Å². The van der Waals surface area contributed by atoms with Crippen molar-refractivity contribution in [3.63, 3.8) is 0 Å². The van der Waals surface area contributed by atoms with Crippen molar-refractivity contribution in [2.45, 2.75) is 213 Å². The van der Waals surface area contributed by atoms with Crippen LogP contribution in [0.15, 0.2) is 122 Å². The minimum atomic E-state index is -4.66. The average Bonchev–Trinajstić information content (AvgIpc) is 3.34. The van der Waals surface area contributed by atoms with Gasteiger partial charge in [-0.25, -0.2) is 0 Å². The highest BCUT2D eigenvalue weighted by molar-refractivity contribution is 7.45. The molecule has 10 heteroatoms. The lowest BCUT2D eigenvalue weighted by Gasteiger charge is -2.28. The number of unbranched alkanes of at least 4 members (excludes halogenated alkanes) is 16. The molecule has 2 unspecified atom stereocenters. The number of carbonyl (C=O) groups excluding carboxylic acids is 2. The van der Waals surface area contributed by atoms with Crippen LogP contribution in [0, 0.1) is 0 Å².